The first kappa shape index (κ1) is 21.3. The highest BCUT2D eigenvalue weighted by Crippen LogP contribution is 2.31. The summed E-state index contributed by atoms with van der Waals surface area (Å²) in [4.78, 5) is 29.7. The number of ether oxygens (including phenoxy) is 1. The first-order valence-corrected chi connectivity index (χ1v) is 11.1. The van der Waals surface area contributed by atoms with Crippen molar-refractivity contribution in [3.8, 4) is 5.75 Å². The maximum atomic E-state index is 13.3. The first-order chi connectivity index (χ1) is 15.1. The summed E-state index contributed by atoms with van der Waals surface area (Å²) in [5, 5.41) is 0. The van der Waals surface area contributed by atoms with Gasteiger partial charge in [0.2, 0.25) is 11.8 Å². The van der Waals surface area contributed by atoms with Crippen LogP contribution in [0.25, 0.3) is 0 Å². The van der Waals surface area contributed by atoms with Gasteiger partial charge in [-0.3, -0.25) is 9.59 Å². The van der Waals surface area contributed by atoms with Gasteiger partial charge in [-0.2, -0.15) is 0 Å². The maximum absolute atomic E-state index is 13.3. The third-order valence-electron chi connectivity index (χ3n) is 5.99. The zero-order valence-electron chi connectivity index (χ0n) is 17.7. The lowest BCUT2D eigenvalue weighted by molar-refractivity contribution is -0.142. The van der Waals surface area contributed by atoms with Crippen molar-refractivity contribution in [2.24, 2.45) is 5.92 Å². The van der Waals surface area contributed by atoms with Crippen molar-refractivity contribution in [1.29, 1.82) is 0 Å². The molecule has 0 spiro atoms. The van der Waals surface area contributed by atoms with Crippen molar-refractivity contribution in [1.82, 2.24) is 9.80 Å². The summed E-state index contributed by atoms with van der Waals surface area (Å²) < 4.78 is 18.9. The van der Waals surface area contributed by atoms with E-state index in [0.717, 1.165) is 37.0 Å². The van der Waals surface area contributed by atoms with E-state index in [1.54, 1.807) is 12.1 Å². The molecule has 1 aliphatic carbocycles. The number of piperidine rings is 1. The number of carbonyl (C=O) groups is 2. The number of amides is 2. The van der Waals surface area contributed by atoms with Gasteiger partial charge in [0, 0.05) is 25.7 Å². The number of benzene rings is 2. The average molecular weight is 425 g/mol. The van der Waals surface area contributed by atoms with E-state index >= 15 is 0 Å². The second kappa shape index (κ2) is 9.94. The first-order valence-electron chi connectivity index (χ1n) is 11.1. The lowest BCUT2D eigenvalue weighted by atomic mass is 9.95. The van der Waals surface area contributed by atoms with Gasteiger partial charge < -0.3 is 14.5 Å². The Kier molecular flexibility index (Phi) is 6.85. The van der Waals surface area contributed by atoms with Crippen molar-refractivity contribution >= 4 is 11.8 Å². The normalized spacial score (nSPS) is 18.5. The molecule has 1 saturated carbocycles. The Labute approximate surface area is 182 Å². The summed E-state index contributed by atoms with van der Waals surface area (Å²) in [6, 6.07) is 16.1. The number of halogens is 1. The second-order valence-electron chi connectivity index (χ2n) is 8.41. The molecule has 2 aromatic carbocycles. The van der Waals surface area contributed by atoms with Crippen LogP contribution in [0.2, 0.25) is 0 Å². The summed E-state index contributed by atoms with van der Waals surface area (Å²) in [6.07, 6.45) is 3.96. The van der Waals surface area contributed by atoms with E-state index in [1.807, 2.05) is 40.1 Å². The topological polar surface area (TPSA) is 49.9 Å². The van der Waals surface area contributed by atoms with Gasteiger partial charge >= 0.3 is 0 Å². The number of rotatable bonds is 8. The van der Waals surface area contributed by atoms with E-state index in [2.05, 4.69) is 0 Å². The third kappa shape index (κ3) is 5.84. The molecule has 1 unspecified atom stereocenters. The third-order valence-corrected chi connectivity index (χ3v) is 5.99. The monoisotopic (exact) mass is 424 g/mol. The summed E-state index contributed by atoms with van der Waals surface area (Å²) >= 11 is 0. The Morgan fingerprint density at radius 1 is 1.03 bits per heavy atom. The maximum Gasteiger partial charge on any atom is 0.228 e. The molecule has 2 fully saturated rings. The van der Waals surface area contributed by atoms with Crippen molar-refractivity contribution in [3.63, 3.8) is 0 Å². The number of likely N-dealkylation sites (tertiary alicyclic amines) is 1. The van der Waals surface area contributed by atoms with Crippen molar-refractivity contribution in [3.05, 3.63) is 66.0 Å². The molecule has 31 heavy (non-hydrogen) atoms. The number of hydrogen-bond acceptors (Lipinski definition) is 3. The molecule has 5 nitrogen and oxygen atoms in total. The molecule has 2 amide bonds. The van der Waals surface area contributed by atoms with Crippen LogP contribution in [-0.4, -0.2) is 47.4 Å². The summed E-state index contributed by atoms with van der Waals surface area (Å²) in [7, 11) is 0. The lowest BCUT2D eigenvalue weighted by Crippen LogP contribution is -2.47. The van der Waals surface area contributed by atoms with Crippen molar-refractivity contribution < 1.29 is 18.7 Å². The minimum Gasteiger partial charge on any atom is -0.493 e. The van der Waals surface area contributed by atoms with Crippen LogP contribution in [0, 0.1) is 11.7 Å². The number of carbonyl (C=O) groups excluding carboxylic acids is 2. The van der Waals surface area contributed by atoms with E-state index in [-0.39, 0.29) is 29.6 Å². The van der Waals surface area contributed by atoms with Gasteiger partial charge in [0.05, 0.1) is 18.9 Å². The Bertz CT molecular complexity index is 883. The molecule has 1 heterocycles. The smallest absolute Gasteiger partial charge is 0.228 e. The van der Waals surface area contributed by atoms with E-state index < -0.39 is 0 Å². The second-order valence-corrected chi connectivity index (χ2v) is 8.41. The Morgan fingerprint density at radius 2 is 1.77 bits per heavy atom. The van der Waals surface area contributed by atoms with E-state index in [4.69, 9.17) is 4.74 Å². The molecule has 164 valence electrons. The minimum absolute atomic E-state index is 0.0323. The van der Waals surface area contributed by atoms with Gasteiger partial charge in [-0.15, -0.1) is 0 Å². The fourth-order valence-corrected chi connectivity index (χ4v) is 4.13. The fourth-order valence-electron chi connectivity index (χ4n) is 4.13. The molecule has 2 aliphatic rings. The average Bonchev–Trinajstić information content (AvgIpc) is 3.64. The Hall–Kier alpha value is -2.89. The zero-order valence-corrected chi connectivity index (χ0v) is 17.7. The van der Waals surface area contributed by atoms with Gasteiger partial charge in [0.1, 0.15) is 11.6 Å². The lowest BCUT2D eigenvalue weighted by Gasteiger charge is -2.35. The van der Waals surface area contributed by atoms with Crippen LogP contribution in [0.5, 0.6) is 5.75 Å². The standard InChI is InChI=1S/C25H29FN2O3/c26-21-10-8-19(9-11-21)17-28(22-12-13-22)25(30)20-5-4-15-27(18-20)24(29)14-16-31-23-6-2-1-3-7-23/h1-3,6-11,20,22H,4-5,12-18H2. The van der Waals surface area contributed by atoms with Gasteiger partial charge in [-0.05, 0) is 55.5 Å². The quantitative estimate of drug-likeness (QED) is 0.643. The molecule has 1 saturated heterocycles. The van der Waals surface area contributed by atoms with Gasteiger partial charge in [0.15, 0.2) is 0 Å². The predicted octanol–water partition coefficient (Wildman–Crippen LogP) is 4.02. The van der Waals surface area contributed by atoms with Crippen molar-refractivity contribution in [2.75, 3.05) is 19.7 Å². The molecule has 4 rings (SSSR count). The highest BCUT2D eigenvalue weighted by molar-refractivity contribution is 5.82. The van der Waals surface area contributed by atoms with Gasteiger partial charge in [0.25, 0.3) is 0 Å². The molecule has 0 N–H and O–H groups in total. The fraction of sp³-hybridized carbons (Fsp3) is 0.440. The largest absolute Gasteiger partial charge is 0.493 e. The van der Waals surface area contributed by atoms with Crippen LogP contribution >= 0.6 is 0 Å². The molecule has 2 aromatic rings. The SMILES string of the molecule is O=C(CCOc1ccccc1)N1CCCC(C(=O)N(Cc2ccc(F)cc2)C2CC2)C1. The number of para-hydroxylation sites is 1. The zero-order chi connectivity index (χ0) is 21.6. The number of nitrogens with zero attached hydrogens (tertiary/aromatic N) is 2. The van der Waals surface area contributed by atoms with Crippen LogP contribution in [0.3, 0.4) is 0 Å². The molecule has 1 atom stereocenters. The predicted molar refractivity (Wildman–Crippen MR) is 116 cm³/mol. The highest BCUT2D eigenvalue weighted by atomic mass is 19.1. The molecular weight excluding hydrogens is 395 g/mol. The molecule has 0 bridgehead atoms. The van der Waals surface area contributed by atoms with Crippen LogP contribution in [0.15, 0.2) is 54.6 Å². The summed E-state index contributed by atoms with van der Waals surface area (Å²) in [5.41, 5.74) is 0.934. The van der Waals surface area contributed by atoms with Crippen LogP contribution < -0.4 is 4.74 Å². The van der Waals surface area contributed by atoms with Crippen LogP contribution in [0.1, 0.15) is 37.7 Å². The highest BCUT2D eigenvalue weighted by Gasteiger charge is 2.37. The van der Waals surface area contributed by atoms with E-state index in [0.29, 0.717) is 32.7 Å². The van der Waals surface area contributed by atoms with Crippen molar-refractivity contribution in [2.45, 2.75) is 44.7 Å². The molecule has 0 radical (unpaired) electrons. The molecule has 1 aliphatic heterocycles. The van der Waals surface area contributed by atoms with E-state index in [9.17, 15) is 14.0 Å². The van der Waals surface area contributed by atoms with Gasteiger partial charge in [-0.1, -0.05) is 30.3 Å². The van der Waals surface area contributed by atoms with E-state index in [1.165, 1.54) is 12.1 Å². The van der Waals surface area contributed by atoms with Crippen LogP contribution in [-0.2, 0) is 16.1 Å². The van der Waals surface area contributed by atoms with Crippen LogP contribution in [0.4, 0.5) is 4.39 Å². The minimum atomic E-state index is -0.272. The van der Waals surface area contributed by atoms with Gasteiger partial charge in [-0.25, -0.2) is 4.39 Å². The summed E-state index contributed by atoms with van der Waals surface area (Å²) in [6.45, 7) is 1.99. The molecule has 6 heteroatoms. The molecule has 0 aromatic heterocycles. The Morgan fingerprint density at radius 3 is 2.48 bits per heavy atom. The number of hydrogen-bond donors (Lipinski definition) is 0. The summed E-state index contributed by atoms with van der Waals surface area (Å²) in [5.74, 6) is 0.456. The molecular formula is C25H29FN2O3. The Balaban J connectivity index is 1.31.